The molecule has 1 rings (SSSR count). The highest BCUT2D eigenvalue weighted by atomic mass is 35.5. The molecule has 1 aromatic rings. The first-order chi connectivity index (χ1) is 6.79. The lowest BCUT2D eigenvalue weighted by Gasteiger charge is -2.03. The van der Waals surface area contributed by atoms with Crippen molar-refractivity contribution < 1.29 is 18.3 Å². The molecular formula is C9H9ClO4S. The van der Waals surface area contributed by atoms with E-state index in [0.29, 0.717) is 5.56 Å². The third-order valence-corrected chi connectivity index (χ3v) is 2.90. The molecule has 0 aliphatic heterocycles. The summed E-state index contributed by atoms with van der Waals surface area (Å²) in [5.74, 6) is -1.28. The van der Waals surface area contributed by atoms with Gasteiger partial charge in [-0.15, -0.1) is 0 Å². The van der Waals surface area contributed by atoms with Crippen molar-refractivity contribution in [2.45, 2.75) is 5.75 Å². The van der Waals surface area contributed by atoms with Gasteiger partial charge in [-0.3, -0.25) is 0 Å². The molecule has 0 unspecified atom stereocenters. The molecule has 1 aromatic carbocycles. The number of carboxylic acid groups (broad SMARTS) is 1. The summed E-state index contributed by atoms with van der Waals surface area (Å²) in [6.45, 7) is 0. The molecule has 0 bridgehead atoms. The predicted molar refractivity (Wildman–Crippen MR) is 57.0 cm³/mol. The highest BCUT2D eigenvalue weighted by molar-refractivity contribution is 7.89. The molecule has 0 spiro atoms. The zero-order valence-corrected chi connectivity index (χ0v) is 9.47. The first-order valence-corrected chi connectivity index (χ1v) is 6.43. The minimum absolute atomic E-state index is 0.0391. The van der Waals surface area contributed by atoms with Crippen LogP contribution in [-0.2, 0) is 15.6 Å². The molecule has 0 heterocycles. The number of sulfone groups is 1. The second kappa shape index (κ2) is 4.20. The first kappa shape index (κ1) is 12.0. The van der Waals surface area contributed by atoms with Crippen LogP contribution in [0.15, 0.2) is 18.2 Å². The molecule has 0 saturated carbocycles. The Morgan fingerprint density at radius 2 is 2.07 bits per heavy atom. The lowest BCUT2D eigenvalue weighted by Crippen LogP contribution is -2.03. The van der Waals surface area contributed by atoms with E-state index < -0.39 is 15.8 Å². The molecule has 0 aromatic heterocycles. The molecule has 0 radical (unpaired) electrons. The van der Waals surface area contributed by atoms with E-state index in [-0.39, 0.29) is 16.3 Å². The van der Waals surface area contributed by atoms with E-state index in [1.165, 1.54) is 18.2 Å². The van der Waals surface area contributed by atoms with Crippen LogP contribution in [0.1, 0.15) is 15.9 Å². The van der Waals surface area contributed by atoms with Gasteiger partial charge in [-0.25, -0.2) is 13.2 Å². The molecule has 4 nitrogen and oxygen atoms in total. The summed E-state index contributed by atoms with van der Waals surface area (Å²) >= 11 is 5.75. The molecule has 0 atom stereocenters. The third kappa shape index (κ3) is 3.53. The summed E-state index contributed by atoms with van der Waals surface area (Å²) in [7, 11) is -3.16. The van der Waals surface area contributed by atoms with Crippen LogP contribution >= 0.6 is 11.6 Å². The van der Waals surface area contributed by atoms with Crippen LogP contribution in [0.2, 0.25) is 5.02 Å². The standard InChI is InChI=1S/C9H9ClO4S/c1-15(13,14)5-7-3-2-6(9(11)12)4-8(7)10/h2-4H,5H2,1H3,(H,11,12). The van der Waals surface area contributed by atoms with Crippen LogP contribution in [0.5, 0.6) is 0 Å². The van der Waals surface area contributed by atoms with E-state index in [1.807, 2.05) is 0 Å². The van der Waals surface area contributed by atoms with Crippen molar-refractivity contribution >= 4 is 27.4 Å². The molecule has 6 heteroatoms. The van der Waals surface area contributed by atoms with E-state index in [4.69, 9.17) is 16.7 Å². The minimum Gasteiger partial charge on any atom is -0.478 e. The van der Waals surface area contributed by atoms with Crippen molar-refractivity contribution in [1.29, 1.82) is 0 Å². The smallest absolute Gasteiger partial charge is 0.335 e. The molecule has 15 heavy (non-hydrogen) atoms. The number of aromatic carboxylic acids is 1. The van der Waals surface area contributed by atoms with Gasteiger partial charge >= 0.3 is 5.97 Å². The predicted octanol–water partition coefficient (Wildman–Crippen LogP) is 1.58. The summed E-state index contributed by atoms with van der Waals surface area (Å²) in [6.07, 6.45) is 1.09. The van der Waals surface area contributed by atoms with Gasteiger partial charge in [0.05, 0.1) is 11.3 Å². The normalized spacial score (nSPS) is 11.3. The van der Waals surface area contributed by atoms with E-state index in [0.717, 1.165) is 6.26 Å². The number of halogens is 1. The maximum Gasteiger partial charge on any atom is 0.335 e. The average Bonchev–Trinajstić information content (AvgIpc) is 2.05. The van der Waals surface area contributed by atoms with Crippen molar-refractivity contribution in [3.8, 4) is 0 Å². The van der Waals surface area contributed by atoms with Crippen LogP contribution in [0.3, 0.4) is 0 Å². The zero-order valence-electron chi connectivity index (χ0n) is 7.90. The Morgan fingerprint density at radius 1 is 1.47 bits per heavy atom. The van der Waals surface area contributed by atoms with Crippen LogP contribution in [0.25, 0.3) is 0 Å². The van der Waals surface area contributed by atoms with E-state index >= 15 is 0 Å². The first-order valence-electron chi connectivity index (χ1n) is 3.99. The van der Waals surface area contributed by atoms with E-state index in [9.17, 15) is 13.2 Å². The van der Waals surface area contributed by atoms with Crippen LogP contribution in [0, 0.1) is 0 Å². The van der Waals surface area contributed by atoms with Gasteiger partial charge in [0.25, 0.3) is 0 Å². The fraction of sp³-hybridized carbons (Fsp3) is 0.222. The molecule has 0 saturated heterocycles. The Bertz CT molecular complexity index is 493. The quantitative estimate of drug-likeness (QED) is 0.882. The van der Waals surface area contributed by atoms with Crippen LogP contribution < -0.4 is 0 Å². The summed E-state index contributed by atoms with van der Waals surface area (Å²) in [6, 6.07) is 3.98. The Hall–Kier alpha value is -1.07. The number of rotatable bonds is 3. The van der Waals surface area contributed by atoms with Crippen molar-refractivity contribution in [3.63, 3.8) is 0 Å². The molecule has 0 amide bonds. The third-order valence-electron chi connectivity index (χ3n) is 1.72. The number of benzene rings is 1. The van der Waals surface area contributed by atoms with Gasteiger partial charge in [0.15, 0.2) is 9.84 Å². The summed E-state index contributed by atoms with van der Waals surface area (Å²) in [5.41, 5.74) is 0.446. The molecule has 82 valence electrons. The van der Waals surface area contributed by atoms with Gasteiger partial charge in [0.1, 0.15) is 0 Å². The van der Waals surface area contributed by atoms with Gasteiger partial charge < -0.3 is 5.11 Å². The molecule has 1 N–H and O–H groups in total. The zero-order chi connectivity index (χ0) is 11.6. The second-order valence-corrected chi connectivity index (χ2v) is 5.73. The molecular weight excluding hydrogens is 240 g/mol. The molecule has 0 aliphatic carbocycles. The monoisotopic (exact) mass is 248 g/mol. The van der Waals surface area contributed by atoms with Crippen molar-refractivity contribution in [3.05, 3.63) is 34.3 Å². The number of carbonyl (C=O) groups is 1. The fourth-order valence-corrected chi connectivity index (χ4v) is 2.22. The van der Waals surface area contributed by atoms with Crippen LogP contribution in [0.4, 0.5) is 0 Å². The van der Waals surface area contributed by atoms with E-state index in [2.05, 4.69) is 0 Å². The van der Waals surface area contributed by atoms with Gasteiger partial charge in [-0.1, -0.05) is 17.7 Å². The van der Waals surface area contributed by atoms with Gasteiger partial charge in [-0.2, -0.15) is 0 Å². The topological polar surface area (TPSA) is 71.4 Å². The maximum atomic E-state index is 11.0. The Balaban J connectivity index is 3.09. The second-order valence-electron chi connectivity index (χ2n) is 3.18. The van der Waals surface area contributed by atoms with Crippen LogP contribution in [-0.4, -0.2) is 25.7 Å². The Kier molecular flexibility index (Phi) is 3.36. The summed E-state index contributed by atoms with van der Waals surface area (Å²) < 4.78 is 22.0. The number of carboxylic acids is 1. The SMILES string of the molecule is CS(=O)(=O)Cc1ccc(C(=O)O)cc1Cl. The number of hydrogen-bond acceptors (Lipinski definition) is 3. The van der Waals surface area contributed by atoms with Crippen molar-refractivity contribution in [1.82, 2.24) is 0 Å². The Labute approximate surface area is 92.4 Å². The summed E-state index contributed by atoms with van der Waals surface area (Å²) in [5, 5.41) is 8.81. The lowest BCUT2D eigenvalue weighted by molar-refractivity contribution is 0.0697. The number of hydrogen-bond donors (Lipinski definition) is 1. The molecule has 0 fully saturated rings. The highest BCUT2D eigenvalue weighted by Crippen LogP contribution is 2.19. The van der Waals surface area contributed by atoms with Gasteiger partial charge in [-0.05, 0) is 17.7 Å². The Morgan fingerprint density at radius 3 is 2.47 bits per heavy atom. The summed E-state index contributed by atoms with van der Waals surface area (Å²) in [4.78, 5) is 10.6. The van der Waals surface area contributed by atoms with Gasteiger partial charge in [0, 0.05) is 11.3 Å². The highest BCUT2D eigenvalue weighted by Gasteiger charge is 2.11. The fourth-order valence-electron chi connectivity index (χ4n) is 1.08. The van der Waals surface area contributed by atoms with Crippen molar-refractivity contribution in [2.75, 3.05) is 6.26 Å². The van der Waals surface area contributed by atoms with Gasteiger partial charge in [0.2, 0.25) is 0 Å². The largest absolute Gasteiger partial charge is 0.478 e. The van der Waals surface area contributed by atoms with Crippen molar-refractivity contribution in [2.24, 2.45) is 0 Å². The molecule has 0 aliphatic rings. The lowest BCUT2D eigenvalue weighted by atomic mass is 10.1. The van der Waals surface area contributed by atoms with E-state index in [1.54, 1.807) is 0 Å². The maximum absolute atomic E-state index is 11.0. The minimum atomic E-state index is -3.16. The average molecular weight is 249 g/mol.